The van der Waals surface area contributed by atoms with Crippen LogP contribution in [0.2, 0.25) is 5.02 Å². The third kappa shape index (κ3) is 5.97. The summed E-state index contributed by atoms with van der Waals surface area (Å²) in [6.45, 7) is 9.36. The van der Waals surface area contributed by atoms with E-state index in [0.717, 1.165) is 71.5 Å². The molecule has 0 bridgehead atoms. The van der Waals surface area contributed by atoms with Gasteiger partial charge in [-0.05, 0) is 62.4 Å². The summed E-state index contributed by atoms with van der Waals surface area (Å²) in [6, 6.07) is 6.31. The van der Waals surface area contributed by atoms with E-state index in [1.54, 1.807) is 28.6 Å². The summed E-state index contributed by atoms with van der Waals surface area (Å²) in [7, 11) is -3.64. The molecule has 1 saturated carbocycles. The van der Waals surface area contributed by atoms with E-state index in [4.69, 9.17) is 21.1 Å². The first-order chi connectivity index (χ1) is 15.4. The zero-order chi connectivity index (χ0) is 22.6. The molecule has 2 heterocycles. The van der Waals surface area contributed by atoms with Crippen LogP contribution in [0.5, 0.6) is 0 Å². The summed E-state index contributed by atoms with van der Waals surface area (Å²) in [5, 5.41) is 3.75. The number of halogens is 1. The molecule has 1 aromatic carbocycles. The number of benzene rings is 1. The maximum absolute atomic E-state index is 13.6. The summed E-state index contributed by atoms with van der Waals surface area (Å²) < 4.78 is 40.3. The SMILES string of the molecule is C=C(NCCN1CCOCC1)OCC1CCCC(C2CC2)N1S(=O)(=O)c1ccc(Cl)cc1. The second-order valence-corrected chi connectivity index (χ2v) is 11.2. The number of hydrogen-bond acceptors (Lipinski definition) is 6. The van der Waals surface area contributed by atoms with Gasteiger partial charge in [0.25, 0.3) is 0 Å². The first kappa shape index (κ1) is 23.8. The van der Waals surface area contributed by atoms with E-state index in [1.807, 2.05) is 0 Å². The van der Waals surface area contributed by atoms with Crippen LogP contribution < -0.4 is 5.32 Å². The quantitative estimate of drug-likeness (QED) is 0.516. The van der Waals surface area contributed by atoms with Crippen molar-refractivity contribution in [1.29, 1.82) is 0 Å². The van der Waals surface area contributed by atoms with Crippen LogP contribution in [0.3, 0.4) is 0 Å². The molecular weight excluding hydrogens is 450 g/mol. The molecule has 0 spiro atoms. The number of hydrogen-bond donors (Lipinski definition) is 1. The molecule has 0 radical (unpaired) electrons. The molecule has 178 valence electrons. The van der Waals surface area contributed by atoms with Crippen molar-refractivity contribution in [1.82, 2.24) is 14.5 Å². The van der Waals surface area contributed by atoms with Gasteiger partial charge in [-0.3, -0.25) is 4.90 Å². The number of nitrogens with one attached hydrogen (secondary N) is 1. The molecule has 32 heavy (non-hydrogen) atoms. The predicted octanol–water partition coefficient (Wildman–Crippen LogP) is 3.07. The van der Waals surface area contributed by atoms with E-state index in [2.05, 4.69) is 16.8 Å². The highest BCUT2D eigenvalue weighted by Crippen LogP contribution is 2.43. The lowest BCUT2D eigenvalue weighted by atomic mass is 9.96. The van der Waals surface area contributed by atoms with Gasteiger partial charge in [0.15, 0.2) is 5.88 Å². The van der Waals surface area contributed by atoms with Crippen molar-refractivity contribution >= 4 is 21.6 Å². The molecule has 2 atom stereocenters. The zero-order valence-corrected chi connectivity index (χ0v) is 20.1. The molecule has 2 unspecified atom stereocenters. The number of ether oxygens (including phenoxy) is 2. The maximum atomic E-state index is 13.6. The molecule has 3 aliphatic rings. The number of piperidine rings is 1. The minimum absolute atomic E-state index is 0.0422. The Morgan fingerprint density at radius 2 is 1.88 bits per heavy atom. The molecule has 1 N–H and O–H groups in total. The van der Waals surface area contributed by atoms with Gasteiger partial charge in [0.2, 0.25) is 10.0 Å². The molecule has 1 aliphatic carbocycles. The Balaban J connectivity index is 1.37. The Hall–Kier alpha value is -1.32. The van der Waals surface area contributed by atoms with Gasteiger partial charge >= 0.3 is 0 Å². The minimum Gasteiger partial charge on any atom is -0.478 e. The van der Waals surface area contributed by atoms with Crippen molar-refractivity contribution in [3.05, 3.63) is 41.8 Å². The van der Waals surface area contributed by atoms with Crippen LogP contribution in [-0.4, -0.2) is 75.7 Å². The van der Waals surface area contributed by atoms with Gasteiger partial charge in [0.1, 0.15) is 6.61 Å². The van der Waals surface area contributed by atoms with Crippen LogP contribution in [0.15, 0.2) is 41.6 Å². The average Bonchev–Trinajstić information content (AvgIpc) is 3.64. The van der Waals surface area contributed by atoms with Crippen LogP contribution in [0.25, 0.3) is 0 Å². The Morgan fingerprint density at radius 3 is 2.56 bits per heavy atom. The Morgan fingerprint density at radius 1 is 1.16 bits per heavy atom. The van der Waals surface area contributed by atoms with Gasteiger partial charge in [-0.1, -0.05) is 18.0 Å². The highest BCUT2D eigenvalue weighted by molar-refractivity contribution is 7.89. The van der Waals surface area contributed by atoms with Crippen molar-refractivity contribution in [3.8, 4) is 0 Å². The van der Waals surface area contributed by atoms with E-state index in [1.165, 1.54) is 0 Å². The molecule has 0 aromatic heterocycles. The summed E-state index contributed by atoms with van der Waals surface area (Å²) in [4.78, 5) is 2.63. The van der Waals surface area contributed by atoms with Gasteiger partial charge in [-0.25, -0.2) is 8.42 Å². The third-order valence-corrected chi connectivity index (χ3v) is 8.83. The molecule has 9 heteroatoms. The van der Waals surface area contributed by atoms with E-state index in [9.17, 15) is 8.42 Å². The van der Waals surface area contributed by atoms with Crippen molar-refractivity contribution in [2.45, 2.75) is 49.1 Å². The molecule has 3 fully saturated rings. The fourth-order valence-electron chi connectivity index (χ4n) is 4.70. The minimum atomic E-state index is -3.64. The lowest BCUT2D eigenvalue weighted by Crippen LogP contribution is -2.52. The van der Waals surface area contributed by atoms with E-state index in [-0.39, 0.29) is 12.1 Å². The largest absolute Gasteiger partial charge is 0.478 e. The van der Waals surface area contributed by atoms with Crippen LogP contribution in [0.4, 0.5) is 0 Å². The smallest absolute Gasteiger partial charge is 0.243 e. The fourth-order valence-corrected chi connectivity index (χ4v) is 6.74. The number of morpholine rings is 1. The highest BCUT2D eigenvalue weighted by Gasteiger charge is 2.46. The van der Waals surface area contributed by atoms with E-state index in [0.29, 0.717) is 28.3 Å². The van der Waals surface area contributed by atoms with E-state index < -0.39 is 10.0 Å². The lowest BCUT2D eigenvalue weighted by Gasteiger charge is -2.41. The molecule has 0 amide bonds. The Bertz CT molecular complexity index is 870. The fraction of sp³-hybridized carbons (Fsp3) is 0.652. The Kier molecular flexibility index (Phi) is 8.00. The van der Waals surface area contributed by atoms with Crippen LogP contribution in [0, 0.1) is 5.92 Å². The van der Waals surface area contributed by atoms with Gasteiger partial charge < -0.3 is 14.8 Å². The maximum Gasteiger partial charge on any atom is 0.243 e. The highest BCUT2D eigenvalue weighted by atomic mass is 35.5. The zero-order valence-electron chi connectivity index (χ0n) is 18.5. The summed E-state index contributed by atoms with van der Waals surface area (Å²) >= 11 is 5.99. The second kappa shape index (κ2) is 10.7. The topological polar surface area (TPSA) is 71.1 Å². The molecule has 7 nitrogen and oxygen atoms in total. The third-order valence-electron chi connectivity index (χ3n) is 6.58. The van der Waals surface area contributed by atoms with E-state index >= 15 is 0 Å². The number of nitrogens with zero attached hydrogens (tertiary/aromatic N) is 2. The predicted molar refractivity (Wildman–Crippen MR) is 125 cm³/mol. The van der Waals surface area contributed by atoms with Crippen LogP contribution in [0.1, 0.15) is 32.1 Å². The van der Waals surface area contributed by atoms with Crippen LogP contribution >= 0.6 is 11.6 Å². The standard InChI is InChI=1S/C23H34ClN3O4S/c1-18(25-11-12-26-13-15-30-16-14-26)31-17-21-3-2-4-23(19-5-6-19)27(21)32(28,29)22-9-7-20(24)8-10-22/h7-10,19,21,23,25H,1-6,11-17H2. The van der Waals surface area contributed by atoms with Crippen molar-refractivity contribution in [2.75, 3.05) is 46.0 Å². The number of rotatable bonds is 10. The number of sulfonamides is 1. The first-order valence-corrected chi connectivity index (χ1v) is 13.4. The molecule has 2 saturated heterocycles. The molecular formula is C23H34ClN3O4S. The van der Waals surface area contributed by atoms with Crippen molar-refractivity contribution < 1.29 is 17.9 Å². The van der Waals surface area contributed by atoms with Gasteiger partial charge in [0.05, 0.1) is 24.2 Å². The summed E-state index contributed by atoms with van der Waals surface area (Å²) in [5.74, 6) is 0.949. The molecule has 1 aromatic rings. The molecule has 4 rings (SSSR count). The summed E-state index contributed by atoms with van der Waals surface area (Å²) in [5.41, 5.74) is 0. The normalized spacial score (nSPS) is 25.4. The first-order valence-electron chi connectivity index (χ1n) is 11.6. The second-order valence-electron chi connectivity index (χ2n) is 8.89. The van der Waals surface area contributed by atoms with Crippen molar-refractivity contribution in [3.63, 3.8) is 0 Å². The van der Waals surface area contributed by atoms with Gasteiger partial charge in [-0.2, -0.15) is 4.31 Å². The van der Waals surface area contributed by atoms with Crippen LogP contribution in [-0.2, 0) is 19.5 Å². The van der Waals surface area contributed by atoms with Gasteiger partial charge in [0, 0.05) is 37.2 Å². The molecule has 2 aliphatic heterocycles. The van der Waals surface area contributed by atoms with Crippen molar-refractivity contribution in [2.24, 2.45) is 5.92 Å². The lowest BCUT2D eigenvalue weighted by molar-refractivity contribution is 0.0373. The van der Waals surface area contributed by atoms with Gasteiger partial charge in [-0.15, -0.1) is 0 Å². The monoisotopic (exact) mass is 483 g/mol. The summed E-state index contributed by atoms with van der Waals surface area (Å²) in [6.07, 6.45) is 4.91. The Labute approximate surface area is 196 Å². The average molecular weight is 484 g/mol.